The van der Waals surface area contributed by atoms with Gasteiger partial charge in [0.1, 0.15) is 11.9 Å². The highest BCUT2D eigenvalue weighted by Gasteiger charge is 2.31. The van der Waals surface area contributed by atoms with Gasteiger partial charge in [-0.25, -0.2) is 0 Å². The van der Waals surface area contributed by atoms with E-state index in [2.05, 4.69) is 0 Å². The highest BCUT2D eigenvalue weighted by molar-refractivity contribution is 6.09. The molecule has 3 aromatic carbocycles. The number of ether oxygens (including phenoxy) is 1. The number of hydrogen-bond donors (Lipinski definition) is 1. The number of rotatable bonds is 10. The van der Waals surface area contributed by atoms with E-state index in [0.717, 1.165) is 17.7 Å². The molecule has 34 heavy (non-hydrogen) atoms. The lowest BCUT2D eigenvalue weighted by Crippen LogP contribution is -2.28. The van der Waals surface area contributed by atoms with Gasteiger partial charge < -0.3 is 9.84 Å². The summed E-state index contributed by atoms with van der Waals surface area (Å²) in [6.07, 6.45) is -4.36. The standard InChI is InChI=1S/C26H24F3NO4/c1-30(17-24(31)32)15-14-23(18-6-3-2-4-7-18)34-22-12-10-19(11-13-22)25(33)20-8-5-9-21(16-20)26(27,28)29/h2-13,16,23H,14-15,17H2,1H3,(H,31,32). The number of ketones is 1. The number of benzene rings is 3. The van der Waals surface area contributed by atoms with E-state index in [1.54, 1.807) is 24.1 Å². The van der Waals surface area contributed by atoms with Crippen molar-refractivity contribution < 1.29 is 32.6 Å². The van der Waals surface area contributed by atoms with E-state index in [4.69, 9.17) is 9.84 Å². The lowest BCUT2D eigenvalue weighted by Gasteiger charge is -2.22. The molecule has 0 fully saturated rings. The minimum Gasteiger partial charge on any atom is -0.486 e. The van der Waals surface area contributed by atoms with Crippen LogP contribution in [0.4, 0.5) is 13.2 Å². The van der Waals surface area contributed by atoms with Crippen LogP contribution >= 0.6 is 0 Å². The van der Waals surface area contributed by atoms with Crippen LogP contribution in [0.15, 0.2) is 78.9 Å². The van der Waals surface area contributed by atoms with Crippen LogP contribution in [-0.4, -0.2) is 41.9 Å². The number of aliphatic carboxylic acids is 1. The normalized spacial score (nSPS) is 12.4. The molecule has 0 radical (unpaired) electrons. The van der Waals surface area contributed by atoms with Gasteiger partial charge in [-0.05, 0) is 49.0 Å². The molecule has 0 heterocycles. The number of likely N-dealkylation sites (N-methyl/N-ethyl adjacent to an activating group) is 1. The average molecular weight is 471 g/mol. The molecule has 8 heteroatoms. The third kappa shape index (κ3) is 6.92. The number of hydrogen-bond acceptors (Lipinski definition) is 4. The topological polar surface area (TPSA) is 66.8 Å². The van der Waals surface area contributed by atoms with E-state index in [0.29, 0.717) is 18.7 Å². The highest BCUT2D eigenvalue weighted by atomic mass is 19.4. The Morgan fingerprint density at radius 2 is 1.62 bits per heavy atom. The fraction of sp³-hybridized carbons (Fsp3) is 0.231. The van der Waals surface area contributed by atoms with Crippen molar-refractivity contribution in [3.05, 3.63) is 101 Å². The molecule has 0 bridgehead atoms. The van der Waals surface area contributed by atoms with E-state index in [9.17, 15) is 22.8 Å². The first-order valence-electron chi connectivity index (χ1n) is 10.6. The van der Waals surface area contributed by atoms with Crippen molar-refractivity contribution in [3.63, 3.8) is 0 Å². The second-order valence-electron chi connectivity index (χ2n) is 7.87. The fourth-order valence-electron chi connectivity index (χ4n) is 3.46. The number of carboxylic acid groups (broad SMARTS) is 1. The summed E-state index contributed by atoms with van der Waals surface area (Å²) in [4.78, 5) is 25.3. The fourth-order valence-corrected chi connectivity index (χ4v) is 3.46. The molecule has 0 aromatic heterocycles. The van der Waals surface area contributed by atoms with Gasteiger partial charge in [-0.1, -0.05) is 42.5 Å². The summed E-state index contributed by atoms with van der Waals surface area (Å²) in [5.41, 5.74) is 0.225. The first-order valence-corrected chi connectivity index (χ1v) is 10.6. The molecule has 3 rings (SSSR count). The summed E-state index contributed by atoms with van der Waals surface area (Å²) in [5, 5.41) is 8.95. The van der Waals surface area contributed by atoms with Crippen LogP contribution in [0.3, 0.4) is 0 Å². The maximum absolute atomic E-state index is 13.0. The lowest BCUT2D eigenvalue weighted by molar-refractivity contribution is -0.138. The van der Waals surface area contributed by atoms with Crippen molar-refractivity contribution in [2.24, 2.45) is 0 Å². The highest BCUT2D eigenvalue weighted by Crippen LogP contribution is 2.30. The van der Waals surface area contributed by atoms with Gasteiger partial charge in [0.05, 0.1) is 12.1 Å². The van der Waals surface area contributed by atoms with Gasteiger partial charge in [0, 0.05) is 24.1 Å². The van der Waals surface area contributed by atoms with Crippen molar-refractivity contribution >= 4 is 11.8 Å². The van der Waals surface area contributed by atoms with E-state index >= 15 is 0 Å². The second-order valence-corrected chi connectivity index (χ2v) is 7.87. The molecule has 3 aromatic rings. The van der Waals surface area contributed by atoms with Crippen LogP contribution in [0, 0.1) is 0 Å². The van der Waals surface area contributed by atoms with E-state index in [1.807, 2.05) is 30.3 Å². The Hall–Kier alpha value is -3.65. The van der Waals surface area contributed by atoms with Gasteiger partial charge in [0.25, 0.3) is 0 Å². The van der Waals surface area contributed by atoms with E-state index < -0.39 is 23.5 Å². The second kappa shape index (κ2) is 11.0. The van der Waals surface area contributed by atoms with Crippen LogP contribution in [0.1, 0.15) is 39.6 Å². The summed E-state index contributed by atoms with van der Waals surface area (Å²) in [5.74, 6) is -0.955. The zero-order chi connectivity index (χ0) is 24.7. The Morgan fingerprint density at radius 3 is 2.24 bits per heavy atom. The third-order valence-electron chi connectivity index (χ3n) is 5.20. The molecule has 0 saturated heterocycles. The quantitative estimate of drug-likeness (QED) is 0.398. The molecule has 1 N–H and O–H groups in total. The molecular formula is C26H24F3NO4. The zero-order valence-electron chi connectivity index (χ0n) is 18.5. The Bertz CT molecular complexity index is 1110. The molecule has 0 aliphatic heterocycles. The van der Waals surface area contributed by atoms with Crippen LogP contribution < -0.4 is 4.74 Å². The average Bonchev–Trinajstić information content (AvgIpc) is 2.81. The van der Waals surface area contributed by atoms with Crippen molar-refractivity contribution in [1.29, 1.82) is 0 Å². The minimum absolute atomic E-state index is 0.0490. The third-order valence-corrected chi connectivity index (χ3v) is 5.20. The number of carbonyl (C=O) groups is 2. The lowest BCUT2D eigenvalue weighted by atomic mass is 10.0. The molecule has 178 valence electrons. The monoisotopic (exact) mass is 471 g/mol. The number of carbonyl (C=O) groups excluding carboxylic acids is 1. The summed E-state index contributed by atoms with van der Waals surface area (Å²) in [6.45, 7) is 0.395. The first kappa shape index (κ1) is 25.0. The predicted octanol–water partition coefficient (Wildman–Crippen LogP) is 5.46. The molecule has 0 amide bonds. The Morgan fingerprint density at radius 1 is 0.941 bits per heavy atom. The van der Waals surface area contributed by atoms with Gasteiger partial charge in [-0.3, -0.25) is 14.5 Å². The molecular weight excluding hydrogens is 447 g/mol. The van der Waals surface area contributed by atoms with Crippen molar-refractivity contribution in [3.8, 4) is 5.75 Å². The van der Waals surface area contributed by atoms with Crippen LogP contribution in [0.25, 0.3) is 0 Å². The molecule has 5 nitrogen and oxygen atoms in total. The molecule has 0 aliphatic carbocycles. The summed E-state index contributed by atoms with van der Waals surface area (Å²) < 4.78 is 45.0. The van der Waals surface area contributed by atoms with Gasteiger partial charge in [0.15, 0.2) is 5.78 Å². The van der Waals surface area contributed by atoms with Crippen molar-refractivity contribution in [2.75, 3.05) is 20.1 Å². The number of carboxylic acids is 1. The maximum Gasteiger partial charge on any atom is 0.416 e. The number of nitrogens with zero attached hydrogens (tertiary/aromatic N) is 1. The number of alkyl halides is 3. The molecule has 0 aliphatic rings. The maximum atomic E-state index is 13.0. The molecule has 0 spiro atoms. The van der Waals surface area contributed by atoms with Gasteiger partial charge in [0.2, 0.25) is 0 Å². The summed E-state index contributed by atoms with van der Waals surface area (Å²) in [7, 11) is 1.71. The molecule has 1 unspecified atom stereocenters. The Kier molecular flexibility index (Phi) is 8.07. The van der Waals surface area contributed by atoms with E-state index in [1.165, 1.54) is 24.3 Å². The van der Waals surface area contributed by atoms with Crippen LogP contribution in [0.2, 0.25) is 0 Å². The zero-order valence-corrected chi connectivity index (χ0v) is 18.5. The first-order chi connectivity index (χ1) is 16.1. The minimum atomic E-state index is -4.53. The predicted molar refractivity (Wildman–Crippen MR) is 121 cm³/mol. The SMILES string of the molecule is CN(CCC(Oc1ccc(C(=O)c2cccc(C(F)(F)F)c2)cc1)c1ccccc1)CC(=O)O. The molecule has 0 saturated carbocycles. The van der Waals surface area contributed by atoms with Gasteiger partial charge in [-0.2, -0.15) is 13.2 Å². The molecule has 1 atom stereocenters. The van der Waals surface area contributed by atoms with Gasteiger partial charge in [-0.15, -0.1) is 0 Å². The Labute approximate surface area is 195 Å². The van der Waals surface area contributed by atoms with Crippen molar-refractivity contribution in [1.82, 2.24) is 4.90 Å². The summed E-state index contributed by atoms with van der Waals surface area (Å²) >= 11 is 0. The summed E-state index contributed by atoms with van der Waals surface area (Å²) in [6, 6.07) is 20.0. The van der Waals surface area contributed by atoms with Crippen LogP contribution in [-0.2, 0) is 11.0 Å². The smallest absolute Gasteiger partial charge is 0.416 e. The van der Waals surface area contributed by atoms with Gasteiger partial charge >= 0.3 is 12.1 Å². The Balaban J connectivity index is 1.74. The number of halogens is 3. The van der Waals surface area contributed by atoms with Crippen molar-refractivity contribution in [2.45, 2.75) is 18.7 Å². The van der Waals surface area contributed by atoms with E-state index in [-0.39, 0.29) is 23.8 Å². The van der Waals surface area contributed by atoms with Crippen LogP contribution in [0.5, 0.6) is 5.75 Å². The largest absolute Gasteiger partial charge is 0.486 e.